The van der Waals surface area contributed by atoms with E-state index in [1.165, 1.54) is 5.56 Å². The summed E-state index contributed by atoms with van der Waals surface area (Å²) in [5.74, 6) is 6.92. The first kappa shape index (κ1) is 11.8. The summed E-state index contributed by atoms with van der Waals surface area (Å²) in [7, 11) is 0. The Hall–Kier alpha value is -1.72. The lowest BCUT2D eigenvalue weighted by atomic mass is 10.2. The summed E-state index contributed by atoms with van der Waals surface area (Å²) in [6.45, 7) is 2.82. The topological polar surface area (TPSA) is 39.2 Å². The molecule has 0 atom stereocenters. The molecule has 0 saturated heterocycles. The number of furan rings is 1. The molecule has 0 unspecified atom stereocenters. The van der Waals surface area contributed by atoms with Crippen LogP contribution in [0.5, 0.6) is 0 Å². The molecule has 2 nitrogen and oxygen atoms in total. The van der Waals surface area contributed by atoms with Crippen molar-refractivity contribution in [3.8, 4) is 11.8 Å². The van der Waals surface area contributed by atoms with E-state index in [0.29, 0.717) is 0 Å². The van der Waals surface area contributed by atoms with Crippen molar-refractivity contribution in [1.29, 1.82) is 0 Å². The largest absolute Gasteiger partial charge is 0.448 e. The summed E-state index contributed by atoms with van der Waals surface area (Å²) in [6, 6.07) is 8.14. The van der Waals surface area contributed by atoms with E-state index in [1.54, 1.807) is 0 Å². The van der Waals surface area contributed by atoms with Gasteiger partial charge in [0.2, 0.25) is 0 Å². The van der Waals surface area contributed by atoms with Crippen LogP contribution in [0.2, 0.25) is 0 Å². The summed E-state index contributed by atoms with van der Waals surface area (Å²) in [4.78, 5) is 0. The fourth-order valence-electron chi connectivity index (χ4n) is 1.73. The Morgan fingerprint density at radius 1 is 1.24 bits per heavy atom. The summed E-state index contributed by atoms with van der Waals surface area (Å²) in [5.41, 5.74) is 7.56. The van der Waals surface area contributed by atoms with Gasteiger partial charge >= 0.3 is 0 Å². The molecule has 0 spiro atoms. The predicted molar refractivity (Wildman–Crippen MR) is 70.7 cm³/mol. The number of hydrogen-bond acceptors (Lipinski definition) is 2. The number of unbranched alkanes of at least 4 members (excludes halogenated alkanes) is 2. The van der Waals surface area contributed by atoms with Crippen LogP contribution in [0.4, 0.5) is 0 Å². The molecule has 0 aliphatic rings. The van der Waals surface area contributed by atoms with Gasteiger partial charge in [-0.25, -0.2) is 0 Å². The van der Waals surface area contributed by atoms with Crippen LogP contribution in [-0.2, 0) is 0 Å². The third-order valence-corrected chi connectivity index (χ3v) is 2.64. The maximum atomic E-state index is 5.63. The van der Waals surface area contributed by atoms with Crippen LogP contribution in [0.15, 0.2) is 28.7 Å². The third-order valence-electron chi connectivity index (χ3n) is 2.64. The monoisotopic (exact) mass is 227 g/mol. The van der Waals surface area contributed by atoms with Crippen LogP contribution in [0.25, 0.3) is 11.0 Å². The molecule has 88 valence electrons. The second kappa shape index (κ2) is 5.56. The van der Waals surface area contributed by atoms with Crippen molar-refractivity contribution < 1.29 is 4.42 Å². The van der Waals surface area contributed by atoms with Crippen LogP contribution in [-0.4, -0.2) is 6.54 Å². The van der Waals surface area contributed by atoms with Gasteiger partial charge in [-0.1, -0.05) is 17.6 Å². The Labute approximate surface area is 102 Å². The first-order chi connectivity index (χ1) is 8.29. The van der Waals surface area contributed by atoms with E-state index in [4.69, 9.17) is 10.2 Å². The molecule has 2 rings (SSSR count). The van der Waals surface area contributed by atoms with E-state index >= 15 is 0 Å². The van der Waals surface area contributed by atoms with Crippen molar-refractivity contribution >= 4 is 11.0 Å². The molecular formula is C15H17NO. The number of hydrogen-bond donors (Lipinski definition) is 1. The lowest BCUT2D eigenvalue weighted by Gasteiger charge is -1.89. The van der Waals surface area contributed by atoms with E-state index in [9.17, 15) is 0 Å². The van der Waals surface area contributed by atoms with Crippen LogP contribution in [0.3, 0.4) is 0 Å². The van der Waals surface area contributed by atoms with Gasteiger partial charge in [0.05, 0.1) is 0 Å². The van der Waals surface area contributed by atoms with Crippen molar-refractivity contribution in [3.63, 3.8) is 0 Å². The van der Waals surface area contributed by atoms with Gasteiger partial charge in [0, 0.05) is 17.9 Å². The minimum atomic E-state index is 0.742. The molecular weight excluding hydrogens is 210 g/mol. The summed E-state index contributed by atoms with van der Waals surface area (Å²) >= 11 is 0. The minimum absolute atomic E-state index is 0.742. The summed E-state index contributed by atoms with van der Waals surface area (Å²) in [6.07, 6.45) is 2.98. The van der Waals surface area contributed by atoms with Crippen molar-refractivity contribution in [1.82, 2.24) is 0 Å². The van der Waals surface area contributed by atoms with Crippen molar-refractivity contribution in [2.45, 2.75) is 26.2 Å². The van der Waals surface area contributed by atoms with Crippen molar-refractivity contribution in [3.05, 3.63) is 35.6 Å². The Bertz CT molecular complexity index is 557. The van der Waals surface area contributed by atoms with Crippen LogP contribution in [0.1, 0.15) is 30.6 Å². The summed E-state index contributed by atoms with van der Waals surface area (Å²) < 4.78 is 5.63. The Morgan fingerprint density at radius 3 is 2.94 bits per heavy atom. The minimum Gasteiger partial charge on any atom is -0.448 e. The van der Waals surface area contributed by atoms with Gasteiger partial charge in [0.25, 0.3) is 0 Å². The third kappa shape index (κ3) is 3.12. The van der Waals surface area contributed by atoms with Crippen molar-refractivity contribution in [2.24, 2.45) is 5.73 Å². The molecule has 1 heterocycles. The first-order valence-electron chi connectivity index (χ1n) is 5.99. The average Bonchev–Trinajstić information content (AvgIpc) is 2.70. The van der Waals surface area contributed by atoms with Crippen molar-refractivity contribution in [2.75, 3.05) is 6.54 Å². The maximum Gasteiger partial charge on any atom is 0.178 e. The Kier molecular flexibility index (Phi) is 3.85. The molecule has 1 aromatic carbocycles. The zero-order valence-electron chi connectivity index (χ0n) is 10.1. The molecule has 2 heteroatoms. The number of fused-ring (bicyclic) bond motifs is 1. The van der Waals surface area contributed by atoms with Gasteiger partial charge in [-0.05, 0) is 44.4 Å². The molecule has 0 aliphatic heterocycles. The van der Waals surface area contributed by atoms with E-state index in [1.807, 2.05) is 18.2 Å². The molecule has 2 N–H and O–H groups in total. The first-order valence-corrected chi connectivity index (χ1v) is 5.99. The molecule has 17 heavy (non-hydrogen) atoms. The number of aryl methyl sites for hydroxylation is 1. The fourth-order valence-corrected chi connectivity index (χ4v) is 1.73. The smallest absolute Gasteiger partial charge is 0.178 e. The zero-order valence-corrected chi connectivity index (χ0v) is 10.1. The van der Waals surface area contributed by atoms with Crippen LogP contribution in [0, 0.1) is 18.8 Å². The predicted octanol–water partition coefficient (Wildman–Crippen LogP) is 3.22. The molecule has 0 saturated carbocycles. The van der Waals surface area contributed by atoms with Crippen LogP contribution >= 0.6 is 0 Å². The lowest BCUT2D eigenvalue weighted by molar-refractivity contribution is 0.601. The quantitative estimate of drug-likeness (QED) is 0.646. The highest BCUT2D eigenvalue weighted by atomic mass is 16.3. The van der Waals surface area contributed by atoms with Gasteiger partial charge in [0.15, 0.2) is 5.76 Å². The van der Waals surface area contributed by atoms with Gasteiger partial charge in [-0.15, -0.1) is 0 Å². The average molecular weight is 227 g/mol. The van der Waals surface area contributed by atoms with Gasteiger partial charge < -0.3 is 10.2 Å². The molecule has 0 aliphatic carbocycles. The normalized spacial score (nSPS) is 10.2. The van der Waals surface area contributed by atoms with E-state index in [0.717, 1.165) is 42.5 Å². The molecule has 0 bridgehead atoms. The van der Waals surface area contributed by atoms with E-state index < -0.39 is 0 Å². The molecule has 0 fully saturated rings. The van der Waals surface area contributed by atoms with E-state index in [-0.39, 0.29) is 0 Å². The molecule has 1 aromatic heterocycles. The van der Waals surface area contributed by atoms with Gasteiger partial charge in [0.1, 0.15) is 5.58 Å². The highest BCUT2D eigenvalue weighted by molar-refractivity contribution is 5.79. The van der Waals surface area contributed by atoms with Gasteiger partial charge in [-0.2, -0.15) is 0 Å². The number of benzene rings is 1. The number of rotatable bonds is 3. The second-order valence-electron chi connectivity index (χ2n) is 4.20. The Morgan fingerprint density at radius 2 is 2.12 bits per heavy atom. The molecule has 0 amide bonds. The maximum absolute atomic E-state index is 5.63. The summed E-state index contributed by atoms with van der Waals surface area (Å²) in [5, 5.41) is 1.12. The SMILES string of the molecule is Cc1ccc2oc(C#CCCCCN)cc2c1. The highest BCUT2D eigenvalue weighted by Crippen LogP contribution is 2.19. The standard InChI is InChI=1S/C15H17NO/c1-12-7-8-15-13(10-12)11-14(17-15)6-4-2-3-5-9-16/h7-8,10-11H,2-3,5,9,16H2,1H3. The number of nitrogens with two attached hydrogens (primary N) is 1. The second-order valence-corrected chi connectivity index (χ2v) is 4.20. The molecule has 2 aromatic rings. The van der Waals surface area contributed by atoms with Crippen LogP contribution < -0.4 is 5.73 Å². The zero-order chi connectivity index (χ0) is 12.1. The van der Waals surface area contributed by atoms with E-state index in [2.05, 4.69) is 24.8 Å². The highest BCUT2D eigenvalue weighted by Gasteiger charge is 2.00. The van der Waals surface area contributed by atoms with Gasteiger partial charge in [-0.3, -0.25) is 0 Å². The lowest BCUT2D eigenvalue weighted by Crippen LogP contribution is -1.96. The Balaban J connectivity index is 2.08. The molecule has 0 radical (unpaired) electrons. The fraction of sp³-hybridized carbons (Fsp3) is 0.333.